The molecule has 0 spiro atoms. The van der Waals surface area contributed by atoms with Gasteiger partial charge in [-0.3, -0.25) is 4.79 Å². The lowest BCUT2D eigenvalue weighted by atomic mass is 10.4. The first-order chi connectivity index (χ1) is 8.75. The molecule has 6 heteroatoms. The van der Waals surface area contributed by atoms with Crippen LogP contribution in [0.15, 0.2) is 34.3 Å². The van der Waals surface area contributed by atoms with Crippen molar-refractivity contribution in [2.75, 3.05) is 26.1 Å². The summed E-state index contributed by atoms with van der Waals surface area (Å²) < 4.78 is 0. The molecule has 0 saturated carbocycles. The molecule has 0 saturated heterocycles. The number of nitrogens with one attached hydrogen (secondary N) is 1. The number of carbonyl (C=O) groups excluding carboxylic acids is 1. The Kier molecular flexibility index (Phi) is 4.46. The zero-order valence-corrected chi connectivity index (χ0v) is 10.9. The van der Waals surface area contributed by atoms with Crippen LogP contribution in [0.3, 0.4) is 0 Å². The van der Waals surface area contributed by atoms with E-state index in [2.05, 4.69) is 16.5 Å². The highest BCUT2D eigenvalue weighted by Gasteiger charge is 2.14. The van der Waals surface area contributed by atoms with Gasteiger partial charge >= 0.3 is 0 Å². The number of nitrogens with zero attached hydrogens (tertiary/aromatic N) is 2. The molecule has 1 radical (unpaired) electrons. The van der Waals surface area contributed by atoms with Gasteiger partial charge in [-0.15, -0.1) is 11.8 Å². The molecule has 2 rings (SSSR count). The molecular weight excluding hydrogens is 250 g/mol. The summed E-state index contributed by atoms with van der Waals surface area (Å²) in [5, 5.41) is 6.63. The summed E-state index contributed by atoms with van der Waals surface area (Å²) in [6.45, 7) is 0.846. The topological polar surface area (TPSA) is 53.9 Å². The molecule has 1 aliphatic heterocycles. The fourth-order valence-corrected chi connectivity index (χ4v) is 2.08. The van der Waals surface area contributed by atoms with E-state index < -0.39 is 0 Å². The molecule has 1 aliphatic rings. The quantitative estimate of drug-likeness (QED) is 0.804. The third-order valence-corrected chi connectivity index (χ3v) is 3.38. The summed E-state index contributed by atoms with van der Waals surface area (Å²) in [4.78, 5) is 19.4. The van der Waals surface area contributed by atoms with Crippen molar-refractivity contribution in [1.29, 1.82) is 0 Å². The zero-order chi connectivity index (χ0) is 12.8. The maximum Gasteiger partial charge on any atom is 0.230 e. The second-order valence-corrected chi connectivity index (χ2v) is 4.81. The van der Waals surface area contributed by atoms with E-state index in [1.54, 1.807) is 0 Å². The predicted octanol–water partition coefficient (Wildman–Crippen LogP) is 0.928. The number of hydrogen-bond donors (Lipinski definition) is 1. The number of oxime groups is 1. The van der Waals surface area contributed by atoms with Crippen LogP contribution >= 0.6 is 11.8 Å². The van der Waals surface area contributed by atoms with E-state index in [1.807, 2.05) is 36.2 Å². The van der Waals surface area contributed by atoms with Gasteiger partial charge in [-0.05, 0) is 18.2 Å². The second kappa shape index (κ2) is 6.30. The molecule has 95 valence electrons. The lowest BCUT2D eigenvalue weighted by Crippen LogP contribution is -2.36. The third kappa shape index (κ3) is 3.66. The summed E-state index contributed by atoms with van der Waals surface area (Å²) >= 11 is 1.50. The van der Waals surface area contributed by atoms with Gasteiger partial charge in [0.15, 0.2) is 12.6 Å². The Balaban J connectivity index is 1.70. The van der Waals surface area contributed by atoms with E-state index in [4.69, 9.17) is 4.84 Å². The van der Waals surface area contributed by atoms with Gasteiger partial charge in [0.1, 0.15) is 0 Å². The first-order valence-electron chi connectivity index (χ1n) is 5.51. The average Bonchev–Trinajstić information content (AvgIpc) is 2.81. The van der Waals surface area contributed by atoms with Crippen molar-refractivity contribution < 1.29 is 9.63 Å². The molecule has 1 aromatic rings. The molecular formula is C12H14N3O2S. The Morgan fingerprint density at radius 3 is 3.06 bits per heavy atom. The minimum Gasteiger partial charge on any atom is -0.372 e. The summed E-state index contributed by atoms with van der Waals surface area (Å²) in [5.74, 6) is 1.11. The van der Waals surface area contributed by atoms with E-state index in [0.29, 0.717) is 19.0 Å². The summed E-state index contributed by atoms with van der Waals surface area (Å²) in [7, 11) is 1.87. The Morgan fingerprint density at radius 1 is 1.61 bits per heavy atom. The van der Waals surface area contributed by atoms with Crippen LogP contribution in [0.4, 0.5) is 0 Å². The molecule has 0 unspecified atom stereocenters. The van der Waals surface area contributed by atoms with Crippen LogP contribution in [0.2, 0.25) is 0 Å². The Morgan fingerprint density at radius 2 is 2.39 bits per heavy atom. The standard InChI is InChI=1S/C12H14N3O2S/c1-15-9-17-14-11(15)7-13-12(16)8-18-10-5-3-2-4-6-10/h3-6H,7-9H2,1H3,(H,13,16). The normalized spacial score (nSPS) is 14.1. The van der Waals surface area contributed by atoms with Gasteiger partial charge in [0, 0.05) is 11.9 Å². The first kappa shape index (κ1) is 12.8. The number of amides is 1. The average molecular weight is 264 g/mol. The monoisotopic (exact) mass is 264 g/mol. The fraction of sp³-hybridized carbons (Fsp3) is 0.333. The van der Waals surface area contributed by atoms with E-state index in [-0.39, 0.29) is 5.91 Å². The maximum absolute atomic E-state index is 11.6. The molecule has 1 heterocycles. The number of carbonyl (C=O) groups is 1. The smallest absolute Gasteiger partial charge is 0.230 e. The molecule has 0 atom stereocenters. The Hall–Kier alpha value is -1.69. The van der Waals surface area contributed by atoms with E-state index in [1.165, 1.54) is 11.8 Å². The number of hydrogen-bond acceptors (Lipinski definition) is 5. The van der Waals surface area contributed by atoms with Crippen LogP contribution in [0.25, 0.3) is 0 Å². The van der Waals surface area contributed by atoms with Crippen LogP contribution in [-0.2, 0) is 9.63 Å². The minimum absolute atomic E-state index is 0.0177. The highest BCUT2D eigenvalue weighted by atomic mass is 32.2. The van der Waals surface area contributed by atoms with Crippen molar-refractivity contribution in [3.8, 4) is 0 Å². The van der Waals surface area contributed by atoms with E-state index in [0.717, 1.165) is 10.7 Å². The maximum atomic E-state index is 11.6. The van der Waals surface area contributed by atoms with Crippen molar-refractivity contribution in [3.05, 3.63) is 30.3 Å². The molecule has 0 aliphatic carbocycles. The number of likely N-dealkylation sites (N-methyl/N-ethyl adjacent to an activating group) is 1. The fourth-order valence-electron chi connectivity index (χ4n) is 1.35. The Bertz CT molecular complexity index is 436. The van der Waals surface area contributed by atoms with E-state index >= 15 is 0 Å². The summed E-state index contributed by atoms with van der Waals surface area (Å²) in [5.41, 5.74) is 0. The first-order valence-corrected chi connectivity index (χ1v) is 6.50. The summed E-state index contributed by atoms with van der Waals surface area (Å²) in [6.07, 6.45) is 0. The van der Waals surface area contributed by atoms with Crippen LogP contribution < -0.4 is 5.32 Å². The zero-order valence-electron chi connectivity index (χ0n) is 10.0. The molecule has 1 N–H and O–H groups in total. The van der Waals surface area contributed by atoms with Crippen molar-refractivity contribution in [2.45, 2.75) is 4.90 Å². The number of benzene rings is 1. The lowest BCUT2D eigenvalue weighted by Gasteiger charge is -2.10. The van der Waals surface area contributed by atoms with Crippen LogP contribution in [-0.4, -0.2) is 42.7 Å². The highest BCUT2D eigenvalue weighted by molar-refractivity contribution is 8.00. The van der Waals surface area contributed by atoms with Crippen molar-refractivity contribution >= 4 is 23.5 Å². The molecule has 1 aromatic carbocycles. The number of thioether (sulfide) groups is 1. The Labute approximate surface area is 110 Å². The third-order valence-electron chi connectivity index (χ3n) is 2.36. The molecule has 0 aromatic heterocycles. The van der Waals surface area contributed by atoms with Crippen LogP contribution in [0, 0.1) is 6.07 Å². The molecule has 1 amide bonds. The van der Waals surface area contributed by atoms with E-state index in [9.17, 15) is 4.79 Å². The van der Waals surface area contributed by atoms with Crippen LogP contribution in [0.5, 0.6) is 0 Å². The van der Waals surface area contributed by atoms with Gasteiger partial charge in [0.2, 0.25) is 5.91 Å². The van der Waals surface area contributed by atoms with Crippen molar-refractivity contribution in [3.63, 3.8) is 0 Å². The summed E-state index contributed by atoms with van der Waals surface area (Å²) in [6, 6.07) is 10.5. The largest absolute Gasteiger partial charge is 0.372 e. The van der Waals surface area contributed by atoms with Gasteiger partial charge in [0.25, 0.3) is 0 Å². The number of amidine groups is 1. The second-order valence-electron chi connectivity index (χ2n) is 3.76. The van der Waals surface area contributed by atoms with Crippen LogP contribution in [0.1, 0.15) is 0 Å². The van der Waals surface area contributed by atoms with Gasteiger partial charge in [0.05, 0.1) is 12.3 Å². The minimum atomic E-state index is -0.0177. The van der Waals surface area contributed by atoms with Gasteiger partial charge in [-0.1, -0.05) is 17.3 Å². The molecule has 18 heavy (non-hydrogen) atoms. The van der Waals surface area contributed by atoms with Gasteiger partial charge < -0.3 is 15.1 Å². The molecule has 0 bridgehead atoms. The predicted molar refractivity (Wildman–Crippen MR) is 70.2 cm³/mol. The lowest BCUT2D eigenvalue weighted by molar-refractivity contribution is -0.118. The highest BCUT2D eigenvalue weighted by Crippen LogP contribution is 2.15. The van der Waals surface area contributed by atoms with Crippen molar-refractivity contribution in [2.24, 2.45) is 5.16 Å². The number of rotatable bonds is 5. The molecule has 0 fully saturated rings. The van der Waals surface area contributed by atoms with Gasteiger partial charge in [-0.25, -0.2) is 0 Å². The molecule has 5 nitrogen and oxygen atoms in total. The SMILES string of the molecule is CN1CON=C1CNC(=O)CSc1cc[c]cc1. The van der Waals surface area contributed by atoms with Crippen molar-refractivity contribution in [1.82, 2.24) is 10.2 Å². The van der Waals surface area contributed by atoms with Gasteiger partial charge in [-0.2, -0.15) is 0 Å².